The number of rotatable bonds is 6. The number of carbonyl (C=O) groups excluding carboxylic acids is 1. The molecule has 0 saturated carbocycles. The first-order valence-corrected chi connectivity index (χ1v) is 13.5. The highest BCUT2D eigenvalue weighted by molar-refractivity contribution is 7.15. The zero-order chi connectivity index (χ0) is 26.0. The molecule has 1 unspecified atom stereocenters. The zero-order valence-corrected chi connectivity index (χ0v) is 22.0. The summed E-state index contributed by atoms with van der Waals surface area (Å²) in [6.07, 6.45) is 8.02. The minimum atomic E-state index is 0.0906. The van der Waals surface area contributed by atoms with Crippen LogP contribution < -0.4 is 10.6 Å². The number of nitrogens with zero attached hydrogens (tertiary/aromatic N) is 2. The lowest BCUT2D eigenvalue weighted by molar-refractivity contribution is 0.102. The fourth-order valence-electron chi connectivity index (χ4n) is 5.10. The van der Waals surface area contributed by atoms with Gasteiger partial charge >= 0.3 is 0 Å². The van der Waals surface area contributed by atoms with Gasteiger partial charge in [0.2, 0.25) is 0 Å². The topological polar surface area (TPSA) is 108 Å². The van der Waals surface area contributed by atoms with Crippen molar-refractivity contribution < 1.29 is 4.79 Å². The molecule has 2 aliphatic rings. The molecule has 4 N–H and O–H groups in total. The molecule has 1 saturated heterocycles. The molecular formula is C30H26N6OS. The van der Waals surface area contributed by atoms with Gasteiger partial charge in [0.05, 0.1) is 27.5 Å². The van der Waals surface area contributed by atoms with Crippen molar-refractivity contribution in [3.63, 3.8) is 0 Å². The van der Waals surface area contributed by atoms with Crippen LogP contribution in [0.5, 0.6) is 0 Å². The van der Waals surface area contributed by atoms with E-state index in [-0.39, 0.29) is 11.8 Å². The molecule has 8 heteroatoms. The van der Waals surface area contributed by atoms with E-state index in [1.165, 1.54) is 17.0 Å². The number of thiophene rings is 1. The second-order valence-electron chi connectivity index (χ2n) is 10.1. The maximum absolute atomic E-state index is 11.9. The number of allylic oxidation sites excluding steroid dienone is 2. The number of H-pyrrole nitrogens is 2. The molecule has 5 aromatic rings. The number of ketones is 1. The van der Waals surface area contributed by atoms with Gasteiger partial charge < -0.3 is 15.6 Å². The number of anilines is 1. The first kappa shape index (κ1) is 22.7. The first-order chi connectivity index (χ1) is 18.4. The molecule has 4 aromatic heterocycles. The molecule has 1 fully saturated rings. The molecule has 0 radical (unpaired) electrons. The van der Waals surface area contributed by atoms with Crippen LogP contribution >= 0.6 is 11.3 Å². The van der Waals surface area contributed by atoms with E-state index in [4.69, 9.17) is 5.10 Å². The molecular weight excluding hydrogens is 492 g/mol. The first-order valence-electron chi connectivity index (χ1n) is 12.7. The average Bonchev–Trinajstić information content (AvgIpc) is 3.23. The Balaban J connectivity index is 1.31. The Labute approximate surface area is 223 Å². The van der Waals surface area contributed by atoms with E-state index in [0.29, 0.717) is 6.04 Å². The monoisotopic (exact) mass is 518 g/mol. The summed E-state index contributed by atoms with van der Waals surface area (Å²) in [6, 6.07) is 15.1. The highest BCUT2D eigenvalue weighted by Gasteiger charge is 2.36. The van der Waals surface area contributed by atoms with Gasteiger partial charge in [0.25, 0.3) is 0 Å². The van der Waals surface area contributed by atoms with E-state index < -0.39 is 0 Å². The Morgan fingerprint density at radius 1 is 1.05 bits per heavy atom. The zero-order valence-electron chi connectivity index (χ0n) is 21.2. The highest BCUT2D eigenvalue weighted by atomic mass is 32.1. The third-order valence-corrected chi connectivity index (χ3v) is 8.18. The van der Waals surface area contributed by atoms with Gasteiger partial charge in [0.15, 0.2) is 5.78 Å². The van der Waals surface area contributed by atoms with Crippen molar-refractivity contribution in [1.82, 2.24) is 25.5 Å². The molecule has 5 heterocycles. The molecule has 38 heavy (non-hydrogen) atoms. The number of fused-ring (bicyclic) bond motifs is 4. The number of Topliss-reactive ketones (excluding diaryl/α,β-unsaturated/α-hetero) is 1. The number of pyridine rings is 1. The number of carbonyl (C=O) groups is 1. The van der Waals surface area contributed by atoms with E-state index in [1.807, 2.05) is 24.5 Å². The lowest BCUT2D eigenvalue weighted by atomic mass is 10.0. The maximum Gasteiger partial charge on any atom is 0.169 e. The Morgan fingerprint density at radius 2 is 1.95 bits per heavy atom. The summed E-state index contributed by atoms with van der Waals surface area (Å²) in [5.74, 6) is 0.0906. The van der Waals surface area contributed by atoms with E-state index in [9.17, 15) is 4.79 Å². The van der Waals surface area contributed by atoms with Crippen LogP contribution in [0.1, 0.15) is 52.6 Å². The second-order valence-corrected chi connectivity index (χ2v) is 11.2. The van der Waals surface area contributed by atoms with Gasteiger partial charge in [-0.1, -0.05) is 12.1 Å². The quantitative estimate of drug-likeness (QED) is 0.148. The van der Waals surface area contributed by atoms with Gasteiger partial charge in [-0.05, 0) is 68.8 Å². The molecule has 1 aromatic carbocycles. The van der Waals surface area contributed by atoms with Crippen LogP contribution in [-0.4, -0.2) is 32.0 Å². The van der Waals surface area contributed by atoms with Crippen molar-refractivity contribution in [2.45, 2.75) is 32.9 Å². The molecule has 7 rings (SSSR count). The third kappa shape index (κ3) is 3.85. The standard InChI is InChI=1S/C30H26N6OS/c1-15(2)32-19-10-18(13-31-14-19)17-4-6-23-22(11-17)28(36-35-23)25-12-21-20(27-9-8-26(38-27)16(3)37)5-7-24-30(33-24)29(21)34-25/h4-15,30,32-34H,1-3H3,(H,35,36). The Bertz CT molecular complexity index is 1800. The summed E-state index contributed by atoms with van der Waals surface area (Å²) < 4.78 is 0. The van der Waals surface area contributed by atoms with Crippen LogP contribution in [0.2, 0.25) is 0 Å². The normalized spacial score (nSPS) is 15.8. The Hall–Kier alpha value is -4.43. The molecule has 0 spiro atoms. The van der Waals surface area contributed by atoms with Crippen LogP contribution in [-0.2, 0) is 0 Å². The van der Waals surface area contributed by atoms with Gasteiger partial charge in [-0.2, -0.15) is 5.10 Å². The summed E-state index contributed by atoms with van der Waals surface area (Å²) in [5.41, 5.74) is 10.5. The summed E-state index contributed by atoms with van der Waals surface area (Å²) in [5, 5.41) is 15.8. The van der Waals surface area contributed by atoms with Crippen molar-refractivity contribution in [1.29, 1.82) is 0 Å². The van der Waals surface area contributed by atoms with Crippen LogP contribution in [0.3, 0.4) is 0 Å². The number of nitrogens with one attached hydrogen (secondary N) is 4. The van der Waals surface area contributed by atoms with Gasteiger partial charge in [0, 0.05) is 51.1 Å². The summed E-state index contributed by atoms with van der Waals surface area (Å²) in [4.78, 5) is 21.9. The van der Waals surface area contributed by atoms with Crippen LogP contribution in [0.25, 0.3) is 39.0 Å². The molecule has 1 aliphatic heterocycles. The van der Waals surface area contributed by atoms with Crippen LogP contribution in [0, 0.1) is 0 Å². The molecule has 1 atom stereocenters. The summed E-state index contributed by atoms with van der Waals surface area (Å²) in [6.45, 7) is 5.85. The number of aromatic amines is 2. The minimum absolute atomic E-state index is 0.0906. The number of hydrogen-bond donors (Lipinski definition) is 4. The van der Waals surface area contributed by atoms with E-state index in [2.05, 4.69) is 82.0 Å². The Kier molecular flexibility index (Phi) is 5.13. The number of aromatic nitrogens is 4. The average molecular weight is 519 g/mol. The van der Waals surface area contributed by atoms with Crippen molar-refractivity contribution in [3.05, 3.63) is 93.7 Å². The lowest BCUT2D eigenvalue weighted by Crippen LogP contribution is -2.09. The van der Waals surface area contributed by atoms with Crippen molar-refractivity contribution in [2.24, 2.45) is 0 Å². The second kappa shape index (κ2) is 8.56. The molecule has 0 bridgehead atoms. The lowest BCUT2D eigenvalue weighted by Gasteiger charge is -2.11. The fraction of sp³-hybridized carbons (Fsp3) is 0.167. The van der Waals surface area contributed by atoms with Crippen molar-refractivity contribution >= 4 is 39.3 Å². The number of hydrogen-bond acceptors (Lipinski definition) is 6. The van der Waals surface area contributed by atoms with E-state index in [1.54, 1.807) is 6.92 Å². The Morgan fingerprint density at radius 3 is 2.76 bits per heavy atom. The molecule has 188 valence electrons. The van der Waals surface area contributed by atoms with E-state index in [0.717, 1.165) is 65.7 Å². The van der Waals surface area contributed by atoms with Gasteiger partial charge in [-0.15, -0.1) is 11.3 Å². The largest absolute Gasteiger partial charge is 0.382 e. The molecule has 1 aliphatic carbocycles. The predicted octanol–water partition coefficient (Wildman–Crippen LogP) is 6.68. The predicted molar refractivity (Wildman–Crippen MR) is 153 cm³/mol. The number of benzene rings is 1. The summed E-state index contributed by atoms with van der Waals surface area (Å²) in [7, 11) is 0. The van der Waals surface area contributed by atoms with Gasteiger partial charge in [0.1, 0.15) is 11.7 Å². The SMILES string of the molecule is CC(=O)c1ccc(C2=CC=C3NC3c3[nH]c(-c4n[nH]c5ccc(-c6cncc(NC(C)C)c6)cc45)cc32)s1. The highest BCUT2D eigenvalue weighted by Crippen LogP contribution is 2.45. The maximum atomic E-state index is 11.9. The van der Waals surface area contributed by atoms with E-state index >= 15 is 0 Å². The van der Waals surface area contributed by atoms with Gasteiger partial charge in [-0.25, -0.2) is 0 Å². The van der Waals surface area contributed by atoms with Crippen LogP contribution in [0.4, 0.5) is 5.69 Å². The minimum Gasteiger partial charge on any atom is -0.382 e. The van der Waals surface area contributed by atoms with Crippen molar-refractivity contribution in [2.75, 3.05) is 5.32 Å². The van der Waals surface area contributed by atoms with Gasteiger partial charge in [-0.3, -0.25) is 14.9 Å². The smallest absolute Gasteiger partial charge is 0.169 e. The fourth-order valence-corrected chi connectivity index (χ4v) is 6.05. The van der Waals surface area contributed by atoms with Crippen LogP contribution in [0.15, 0.2) is 72.7 Å². The van der Waals surface area contributed by atoms with Crippen molar-refractivity contribution in [3.8, 4) is 22.5 Å². The summed E-state index contributed by atoms with van der Waals surface area (Å²) >= 11 is 1.54. The molecule has 7 nitrogen and oxygen atoms in total. The molecule has 0 amide bonds. The third-order valence-electron chi connectivity index (χ3n) is 6.96.